The molecular weight excluding hydrogens is 277 g/mol. The van der Waals surface area contributed by atoms with Crippen molar-refractivity contribution in [1.29, 1.82) is 0 Å². The van der Waals surface area contributed by atoms with Crippen molar-refractivity contribution in [2.24, 2.45) is 0 Å². The molecule has 0 saturated carbocycles. The van der Waals surface area contributed by atoms with Gasteiger partial charge in [0.15, 0.2) is 17.5 Å². The third kappa shape index (κ3) is 2.66. The second-order valence-corrected chi connectivity index (χ2v) is 4.54. The molecule has 7 heteroatoms. The van der Waals surface area contributed by atoms with Gasteiger partial charge in [-0.25, -0.2) is 22.8 Å². The summed E-state index contributed by atoms with van der Waals surface area (Å²) >= 11 is 0. The number of hydrogen-bond donors (Lipinski definition) is 0. The molecular formula is C13H9F3O4. The van der Waals surface area contributed by atoms with E-state index in [1.54, 1.807) is 0 Å². The molecule has 2 rings (SSSR count). The zero-order valence-electron chi connectivity index (χ0n) is 10.5. The zero-order chi connectivity index (χ0) is 15.1. The van der Waals surface area contributed by atoms with Crippen LogP contribution < -0.4 is 0 Å². The van der Waals surface area contributed by atoms with Gasteiger partial charge in [-0.15, -0.1) is 0 Å². The minimum Gasteiger partial charge on any atom is -0.419 e. The van der Waals surface area contributed by atoms with E-state index in [2.05, 4.69) is 0 Å². The maximum absolute atomic E-state index is 13.0. The number of benzene rings is 1. The van der Waals surface area contributed by atoms with Crippen LogP contribution in [0.3, 0.4) is 0 Å². The lowest BCUT2D eigenvalue weighted by Crippen LogP contribution is -2.41. The highest BCUT2D eigenvalue weighted by molar-refractivity contribution is 6.18. The van der Waals surface area contributed by atoms with Crippen molar-refractivity contribution >= 4 is 18.0 Å². The molecule has 0 N–H and O–H groups in total. The fourth-order valence-corrected chi connectivity index (χ4v) is 1.60. The molecule has 0 atom stereocenters. The third-order valence-corrected chi connectivity index (χ3v) is 2.43. The number of esters is 2. The summed E-state index contributed by atoms with van der Waals surface area (Å²) in [4.78, 5) is 23.2. The number of rotatable bonds is 1. The quantitative estimate of drug-likeness (QED) is 0.344. The number of ether oxygens (including phenoxy) is 2. The Kier molecular flexibility index (Phi) is 3.29. The molecule has 1 aliphatic rings. The van der Waals surface area contributed by atoms with Crippen LogP contribution in [0.1, 0.15) is 19.4 Å². The molecule has 0 unspecified atom stereocenters. The summed E-state index contributed by atoms with van der Waals surface area (Å²) in [6.07, 6.45) is 0.867. The van der Waals surface area contributed by atoms with Gasteiger partial charge in [0.1, 0.15) is 5.57 Å². The molecule has 1 aromatic rings. The molecule has 1 saturated heterocycles. The van der Waals surface area contributed by atoms with E-state index in [1.165, 1.54) is 13.8 Å². The van der Waals surface area contributed by atoms with E-state index in [-0.39, 0.29) is 5.56 Å². The first-order valence-corrected chi connectivity index (χ1v) is 5.52. The van der Waals surface area contributed by atoms with Crippen LogP contribution in [0.25, 0.3) is 6.08 Å². The van der Waals surface area contributed by atoms with E-state index >= 15 is 0 Å². The number of halogens is 3. The smallest absolute Gasteiger partial charge is 0.348 e. The van der Waals surface area contributed by atoms with Crippen LogP contribution in [0, 0.1) is 17.5 Å². The maximum atomic E-state index is 13.0. The van der Waals surface area contributed by atoms with Crippen LogP contribution in [-0.2, 0) is 19.1 Å². The Hall–Kier alpha value is -2.31. The average Bonchev–Trinajstić information content (AvgIpc) is 2.29. The molecule has 0 amide bonds. The summed E-state index contributed by atoms with van der Waals surface area (Å²) in [7, 11) is 0. The minimum atomic E-state index is -1.64. The van der Waals surface area contributed by atoms with Gasteiger partial charge in [0, 0.05) is 13.8 Å². The van der Waals surface area contributed by atoms with E-state index in [0.717, 1.165) is 6.08 Å². The first-order valence-electron chi connectivity index (χ1n) is 5.52. The Morgan fingerprint density at radius 1 is 1.00 bits per heavy atom. The molecule has 1 aromatic carbocycles. The first kappa shape index (κ1) is 14.1. The van der Waals surface area contributed by atoms with Crippen molar-refractivity contribution in [3.8, 4) is 0 Å². The molecule has 106 valence electrons. The van der Waals surface area contributed by atoms with Crippen LogP contribution in [0.5, 0.6) is 0 Å². The number of carbonyl (C=O) groups excluding carboxylic acids is 2. The van der Waals surface area contributed by atoms with Gasteiger partial charge in [-0.3, -0.25) is 0 Å². The molecule has 1 aliphatic heterocycles. The topological polar surface area (TPSA) is 52.6 Å². The van der Waals surface area contributed by atoms with Crippen LogP contribution in [0.2, 0.25) is 0 Å². The molecule has 0 aromatic heterocycles. The van der Waals surface area contributed by atoms with Crippen LogP contribution in [0.15, 0.2) is 17.7 Å². The van der Waals surface area contributed by atoms with Crippen molar-refractivity contribution in [3.05, 3.63) is 40.7 Å². The highest BCUT2D eigenvalue weighted by atomic mass is 19.2. The maximum Gasteiger partial charge on any atom is 0.348 e. The summed E-state index contributed by atoms with van der Waals surface area (Å²) in [5.74, 6) is -7.90. The van der Waals surface area contributed by atoms with Crippen molar-refractivity contribution < 1.29 is 32.2 Å². The minimum absolute atomic E-state index is 0.204. The molecule has 0 bridgehead atoms. The molecule has 0 radical (unpaired) electrons. The van der Waals surface area contributed by atoms with Crippen molar-refractivity contribution in [2.75, 3.05) is 0 Å². The fraction of sp³-hybridized carbons (Fsp3) is 0.231. The molecule has 0 aliphatic carbocycles. The standard InChI is InChI=1S/C13H9F3O4/c1-13(2)19-11(17)7(12(18)20-13)3-6-4-8(14)10(16)9(15)5-6/h3-5H,1-2H3. The third-order valence-electron chi connectivity index (χ3n) is 2.43. The Labute approximate surface area is 111 Å². The Morgan fingerprint density at radius 3 is 1.90 bits per heavy atom. The summed E-state index contributed by atoms with van der Waals surface area (Å²) in [5, 5.41) is 0. The molecule has 0 spiro atoms. The number of hydrogen-bond acceptors (Lipinski definition) is 4. The highest BCUT2D eigenvalue weighted by Crippen LogP contribution is 2.25. The Balaban J connectivity index is 2.41. The van der Waals surface area contributed by atoms with Gasteiger partial charge in [-0.1, -0.05) is 0 Å². The van der Waals surface area contributed by atoms with E-state index in [1.807, 2.05) is 0 Å². The zero-order valence-corrected chi connectivity index (χ0v) is 10.5. The van der Waals surface area contributed by atoms with Crippen molar-refractivity contribution in [2.45, 2.75) is 19.6 Å². The average molecular weight is 286 g/mol. The van der Waals surface area contributed by atoms with E-state index in [9.17, 15) is 22.8 Å². The lowest BCUT2D eigenvalue weighted by Gasteiger charge is -2.29. The summed E-state index contributed by atoms with van der Waals surface area (Å²) in [6.45, 7) is 2.72. The van der Waals surface area contributed by atoms with Crippen molar-refractivity contribution in [3.63, 3.8) is 0 Å². The van der Waals surface area contributed by atoms with Crippen LogP contribution in [-0.4, -0.2) is 17.7 Å². The van der Waals surface area contributed by atoms with Gasteiger partial charge in [-0.05, 0) is 23.8 Å². The molecule has 1 heterocycles. The normalized spacial score (nSPS) is 17.6. The summed E-state index contributed by atoms with van der Waals surface area (Å²) in [5.41, 5.74) is -0.736. The Bertz CT molecular complexity index is 589. The van der Waals surface area contributed by atoms with Gasteiger partial charge in [0.05, 0.1) is 0 Å². The van der Waals surface area contributed by atoms with Crippen LogP contribution in [0.4, 0.5) is 13.2 Å². The van der Waals surface area contributed by atoms with E-state index in [0.29, 0.717) is 12.1 Å². The SMILES string of the molecule is CC1(C)OC(=O)C(=Cc2cc(F)c(F)c(F)c2)C(=O)O1. The fourth-order valence-electron chi connectivity index (χ4n) is 1.60. The van der Waals surface area contributed by atoms with Gasteiger partial charge in [0.2, 0.25) is 0 Å². The molecule has 4 nitrogen and oxygen atoms in total. The van der Waals surface area contributed by atoms with Crippen molar-refractivity contribution in [1.82, 2.24) is 0 Å². The number of cyclic esters (lactones) is 2. The highest BCUT2D eigenvalue weighted by Gasteiger charge is 2.38. The number of carbonyl (C=O) groups is 2. The Morgan fingerprint density at radius 2 is 1.45 bits per heavy atom. The first-order chi connectivity index (χ1) is 9.19. The largest absolute Gasteiger partial charge is 0.419 e. The summed E-state index contributed by atoms with van der Waals surface area (Å²) < 4.78 is 48.5. The monoisotopic (exact) mass is 286 g/mol. The second-order valence-electron chi connectivity index (χ2n) is 4.54. The predicted octanol–water partition coefficient (Wildman–Crippen LogP) is 2.32. The van der Waals surface area contributed by atoms with Gasteiger partial charge in [-0.2, -0.15) is 0 Å². The van der Waals surface area contributed by atoms with E-state index in [4.69, 9.17) is 9.47 Å². The van der Waals surface area contributed by atoms with Gasteiger partial charge < -0.3 is 9.47 Å². The van der Waals surface area contributed by atoms with Gasteiger partial charge in [0.25, 0.3) is 5.79 Å². The molecule has 20 heavy (non-hydrogen) atoms. The second kappa shape index (κ2) is 4.66. The van der Waals surface area contributed by atoms with Crippen LogP contribution >= 0.6 is 0 Å². The molecule has 1 fully saturated rings. The lowest BCUT2D eigenvalue weighted by atomic mass is 10.1. The predicted molar refractivity (Wildman–Crippen MR) is 60.6 cm³/mol. The van der Waals surface area contributed by atoms with E-state index < -0.39 is 40.8 Å². The van der Waals surface area contributed by atoms with Gasteiger partial charge >= 0.3 is 11.9 Å². The lowest BCUT2D eigenvalue weighted by molar-refractivity contribution is -0.222. The summed E-state index contributed by atoms with van der Waals surface area (Å²) in [6, 6.07) is 1.29.